The van der Waals surface area contributed by atoms with Crippen molar-refractivity contribution >= 4 is 0 Å². The van der Waals surface area contributed by atoms with Gasteiger partial charge in [0.2, 0.25) is 0 Å². The van der Waals surface area contributed by atoms with Gasteiger partial charge in [-0.3, -0.25) is 4.68 Å². The second kappa shape index (κ2) is 5.87. The molecule has 0 radical (unpaired) electrons. The first kappa shape index (κ1) is 13.6. The fraction of sp³-hybridized carbons (Fsp3) is 0.467. The van der Waals surface area contributed by atoms with Crippen molar-refractivity contribution in [2.75, 3.05) is 0 Å². The summed E-state index contributed by atoms with van der Waals surface area (Å²) in [5.41, 5.74) is 3.15. The summed E-state index contributed by atoms with van der Waals surface area (Å²) in [6.07, 6.45) is 3.77. The lowest BCUT2D eigenvalue weighted by Crippen LogP contribution is -2.05. The molecule has 1 aromatic heterocycles. The van der Waals surface area contributed by atoms with E-state index in [1.54, 1.807) is 6.07 Å². The molecule has 102 valence electrons. The smallest absolute Gasteiger partial charge is 0.119 e. The van der Waals surface area contributed by atoms with Gasteiger partial charge in [-0.1, -0.05) is 24.3 Å². The van der Waals surface area contributed by atoms with Crippen LogP contribution in [0.3, 0.4) is 0 Å². The van der Waals surface area contributed by atoms with E-state index in [2.05, 4.69) is 17.2 Å². The lowest BCUT2D eigenvalue weighted by Gasteiger charge is -2.17. The minimum Gasteiger partial charge on any atom is -0.508 e. The number of aromatic nitrogens is 3. The molecule has 2 aromatic rings. The molecule has 0 aliphatic heterocycles. The number of rotatable bonds is 5. The summed E-state index contributed by atoms with van der Waals surface area (Å²) in [5.74, 6) is 0.665. The van der Waals surface area contributed by atoms with E-state index in [1.807, 2.05) is 36.9 Å². The number of aryl methyl sites for hydroxylation is 2. The first-order valence-corrected chi connectivity index (χ1v) is 6.83. The lowest BCUT2D eigenvalue weighted by atomic mass is 9.88. The molecule has 19 heavy (non-hydrogen) atoms. The molecule has 0 saturated heterocycles. The summed E-state index contributed by atoms with van der Waals surface area (Å²) >= 11 is 0. The normalized spacial score (nSPS) is 12.6. The Morgan fingerprint density at radius 1 is 1.32 bits per heavy atom. The van der Waals surface area contributed by atoms with Gasteiger partial charge in [0.1, 0.15) is 5.75 Å². The van der Waals surface area contributed by atoms with Gasteiger partial charge in [-0.25, -0.2) is 0 Å². The van der Waals surface area contributed by atoms with Crippen LogP contribution in [-0.4, -0.2) is 20.1 Å². The second-order valence-corrected chi connectivity index (χ2v) is 4.88. The highest BCUT2D eigenvalue weighted by molar-refractivity contribution is 5.41. The Bertz CT molecular complexity index is 528. The van der Waals surface area contributed by atoms with Gasteiger partial charge in [0.15, 0.2) is 0 Å². The lowest BCUT2D eigenvalue weighted by molar-refractivity contribution is 0.457. The van der Waals surface area contributed by atoms with Crippen molar-refractivity contribution in [3.63, 3.8) is 0 Å². The quantitative estimate of drug-likeness (QED) is 0.897. The van der Waals surface area contributed by atoms with Crippen molar-refractivity contribution in [1.29, 1.82) is 0 Å². The van der Waals surface area contributed by atoms with Crippen molar-refractivity contribution in [3.05, 3.63) is 41.2 Å². The molecule has 4 nitrogen and oxygen atoms in total. The van der Waals surface area contributed by atoms with E-state index in [0.717, 1.165) is 36.2 Å². The van der Waals surface area contributed by atoms with Crippen LogP contribution in [0.25, 0.3) is 0 Å². The predicted molar refractivity (Wildman–Crippen MR) is 75.3 cm³/mol. The topological polar surface area (TPSA) is 50.9 Å². The Morgan fingerprint density at radius 2 is 2.11 bits per heavy atom. The zero-order valence-corrected chi connectivity index (χ0v) is 11.8. The first-order chi connectivity index (χ1) is 9.15. The third-order valence-corrected chi connectivity index (χ3v) is 3.57. The van der Waals surface area contributed by atoms with E-state index in [4.69, 9.17) is 0 Å². The highest BCUT2D eigenvalue weighted by atomic mass is 16.3. The predicted octanol–water partition coefficient (Wildman–Crippen LogP) is 3.05. The van der Waals surface area contributed by atoms with E-state index in [1.165, 1.54) is 0 Å². The van der Waals surface area contributed by atoms with Gasteiger partial charge in [-0.2, -0.15) is 0 Å². The summed E-state index contributed by atoms with van der Waals surface area (Å²) in [4.78, 5) is 0. The third kappa shape index (κ3) is 2.95. The molecule has 1 aromatic carbocycles. The van der Waals surface area contributed by atoms with Crippen molar-refractivity contribution in [2.45, 2.75) is 46.1 Å². The molecular formula is C15H21N3O. The Labute approximate surface area is 114 Å². The molecule has 0 fully saturated rings. The molecule has 2 rings (SSSR count). The van der Waals surface area contributed by atoms with Gasteiger partial charge in [0.05, 0.1) is 5.69 Å². The molecule has 0 bridgehead atoms. The SMILES string of the molecule is CCC(Cc1cn(CC)nn1)c1c(C)cccc1O. The molecule has 1 N–H and O–H groups in total. The summed E-state index contributed by atoms with van der Waals surface area (Å²) in [6, 6.07) is 5.68. The van der Waals surface area contributed by atoms with E-state index < -0.39 is 0 Å². The zero-order valence-electron chi connectivity index (χ0n) is 11.8. The molecule has 0 amide bonds. The van der Waals surface area contributed by atoms with Gasteiger partial charge in [0.25, 0.3) is 0 Å². The molecule has 1 unspecified atom stereocenters. The molecule has 0 saturated carbocycles. The monoisotopic (exact) mass is 259 g/mol. The number of aromatic hydroxyl groups is 1. The summed E-state index contributed by atoms with van der Waals surface area (Å²) < 4.78 is 1.83. The molecule has 1 atom stereocenters. The van der Waals surface area contributed by atoms with E-state index in [0.29, 0.717) is 5.75 Å². The number of nitrogens with zero attached hydrogens (tertiary/aromatic N) is 3. The molecule has 0 aliphatic carbocycles. The molecule has 4 heteroatoms. The van der Waals surface area contributed by atoms with Crippen LogP contribution in [0.1, 0.15) is 43.0 Å². The van der Waals surface area contributed by atoms with Gasteiger partial charge >= 0.3 is 0 Å². The van der Waals surface area contributed by atoms with E-state index in [9.17, 15) is 5.11 Å². The average Bonchev–Trinajstić information content (AvgIpc) is 2.85. The first-order valence-electron chi connectivity index (χ1n) is 6.83. The maximum Gasteiger partial charge on any atom is 0.119 e. The number of phenolic OH excluding ortho intramolecular Hbond substituents is 1. The Hall–Kier alpha value is -1.84. The number of benzene rings is 1. The highest BCUT2D eigenvalue weighted by Gasteiger charge is 2.18. The van der Waals surface area contributed by atoms with Crippen LogP contribution in [0.5, 0.6) is 5.75 Å². The van der Waals surface area contributed by atoms with Crippen LogP contribution in [0.2, 0.25) is 0 Å². The highest BCUT2D eigenvalue weighted by Crippen LogP contribution is 2.33. The fourth-order valence-electron chi connectivity index (χ4n) is 2.49. The maximum atomic E-state index is 10.1. The van der Waals surface area contributed by atoms with Crippen molar-refractivity contribution in [2.24, 2.45) is 0 Å². The van der Waals surface area contributed by atoms with Crippen LogP contribution in [0.4, 0.5) is 0 Å². The zero-order chi connectivity index (χ0) is 13.8. The molecule has 1 heterocycles. The summed E-state index contributed by atoms with van der Waals surface area (Å²) in [6.45, 7) is 7.06. The second-order valence-electron chi connectivity index (χ2n) is 4.88. The van der Waals surface area contributed by atoms with Gasteiger partial charge in [-0.05, 0) is 37.8 Å². The van der Waals surface area contributed by atoms with E-state index >= 15 is 0 Å². The minimum atomic E-state index is 0.281. The van der Waals surface area contributed by atoms with Crippen molar-refractivity contribution < 1.29 is 5.11 Å². The largest absolute Gasteiger partial charge is 0.508 e. The van der Waals surface area contributed by atoms with Crippen LogP contribution < -0.4 is 0 Å². The van der Waals surface area contributed by atoms with Gasteiger partial charge in [0, 0.05) is 24.7 Å². The third-order valence-electron chi connectivity index (χ3n) is 3.57. The Balaban J connectivity index is 2.25. The van der Waals surface area contributed by atoms with Crippen LogP contribution in [0.15, 0.2) is 24.4 Å². The minimum absolute atomic E-state index is 0.281. The number of phenols is 1. The number of hydrogen-bond acceptors (Lipinski definition) is 3. The standard InChI is InChI=1S/C15H21N3O/c1-4-12(9-13-10-18(5-2)17-16-13)15-11(3)7-6-8-14(15)19/h6-8,10,12,19H,4-5,9H2,1-3H3. The number of hydrogen-bond donors (Lipinski definition) is 1. The molecule has 0 aliphatic rings. The van der Waals surface area contributed by atoms with Crippen molar-refractivity contribution in [1.82, 2.24) is 15.0 Å². The van der Waals surface area contributed by atoms with Crippen LogP contribution in [-0.2, 0) is 13.0 Å². The Kier molecular flexibility index (Phi) is 4.20. The molecule has 0 spiro atoms. The summed E-state index contributed by atoms with van der Waals surface area (Å²) in [5, 5.41) is 18.3. The van der Waals surface area contributed by atoms with E-state index in [-0.39, 0.29) is 5.92 Å². The average molecular weight is 259 g/mol. The Morgan fingerprint density at radius 3 is 2.68 bits per heavy atom. The summed E-state index contributed by atoms with van der Waals surface area (Å²) in [7, 11) is 0. The van der Waals surface area contributed by atoms with Crippen LogP contribution >= 0.6 is 0 Å². The van der Waals surface area contributed by atoms with Crippen LogP contribution in [0, 0.1) is 6.92 Å². The fourth-order valence-corrected chi connectivity index (χ4v) is 2.49. The maximum absolute atomic E-state index is 10.1. The van der Waals surface area contributed by atoms with Gasteiger partial charge < -0.3 is 5.11 Å². The van der Waals surface area contributed by atoms with Gasteiger partial charge in [-0.15, -0.1) is 5.10 Å². The van der Waals surface area contributed by atoms with Crippen molar-refractivity contribution in [3.8, 4) is 5.75 Å². The molecular weight excluding hydrogens is 238 g/mol.